The van der Waals surface area contributed by atoms with Gasteiger partial charge in [-0.1, -0.05) is 30.3 Å². The zero-order valence-electron chi connectivity index (χ0n) is 9.81. The van der Waals surface area contributed by atoms with Gasteiger partial charge in [0.15, 0.2) is 0 Å². The highest BCUT2D eigenvalue weighted by atomic mass is 32.1. The number of nitrogen functional groups attached to an aromatic ring is 1. The molecule has 0 saturated heterocycles. The Labute approximate surface area is 108 Å². The zero-order chi connectivity index (χ0) is 13.1. The largest absolute Gasteiger partial charge is 0.382 e. The Balaban J connectivity index is 2.39. The number of alkyl halides is 2. The number of hydrogen-bond acceptors (Lipinski definition) is 4. The molecule has 2 N–H and O–H groups in total. The van der Waals surface area contributed by atoms with Crippen LogP contribution >= 0.6 is 11.5 Å². The van der Waals surface area contributed by atoms with Gasteiger partial charge in [-0.05, 0) is 17.1 Å². The molecule has 0 fully saturated rings. The van der Waals surface area contributed by atoms with Crippen molar-refractivity contribution in [2.24, 2.45) is 0 Å². The third-order valence-corrected chi connectivity index (χ3v) is 3.50. The van der Waals surface area contributed by atoms with Gasteiger partial charge >= 0.3 is 0 Å². The Morgan fingerprint density at radius 2 is 2.00 bits per heavy atom. The van der Waals surface area contributed by atoms with Crippen LogP contribution in [0.1, 0.15) is 0 Å². The molecule has 1 aromatic carbocycles. The quantitative estimate of drug-likeness (QED) is 0.927. The number of halogens is 2. The second-order valence-electron chi connectivity index (χ2n) is 3.89. The fourth-order valence-corrected chi connectivity index (χ4v) is 2.52. The molecule has 3 nitrogen and oxygen atoms in total. The summed E-state index contributed by atoms with van der Waals surface area (Å²) >= 11 is 1.14. The first kappa shape index (κ1) is 12.8. The van der Waals surface area contributed by atoms with Crippen LogP contribution in [-0.2, 0) is 0 Å². The number of nitrogens with zero attached hydrogens (tertiary/aromatic N) is 2. The average Bonchev–Trinajstić information content (AvgIpc) is 2.71. The van der Waals surface area contributed by atoms with Crippen LogP contribution in [0, 0.1) is 0 Å². The van der Waals surface area contributed by atoms with Gasteiger partial charge in [-0.2, -0.15) is 4.37 Å². The van der Waals surface area contributed by atoms with Crippen molar-refractivity contribution >= 4 is 22.4 Å². The van der Waals surface area contributed by atoms with Crippen molar-refractivity contribution < 1.29 is 8.78 Å². The molecule has 6 heteroatoms. The van der Waals surface area contributed by atoms with Crippen molar-refractivity contribution in [2.45, 2.75) is 6.43 Å². The second kappa shape index (κ2) is 5.30. The van der Waals surface area contributed by atoms with Crippen molar-refractivity contribution in [1.82, 2.24) is 4.37 Å². The van der Waals surface area contributed by atoms with E-state index in [4.69, 9.17) is 5.73 Å². The van der Waals surface area contributed by atoms with Gasteiger partial charge in [0.1, 0.15) is 10.8 Å². The minimum atomic E-state index is -2.39. The Kier molecular flexibility index (Phi) is 3.76. The van der Waals surface area contributed by atoms with Crippen molar-refractivity contribution in [1.29, 1.82) is 0 Å². The molecule has 0 spiro atoms. The molecule has 96 valence electrons. The van der Waals surface area contributed by atoms with E-state index in [0.29, 0.717) is 10.8 Å². The minimum Gasteiger partial charge on any atom is -0.382 e. The first-order valence-electron chi connectivity index (χ1n) is 5.39. The van der Waals surface area contributed by atoms with Crippen LogP contribution < -0.4 is 10.6 Å². The first-order chi connectivity index (χ1) is 8.59. The van der Waals surface area contributed by atoms with Crippen molar-refractivity contribution in [3.05, 3.63) is 30.3 Å². The van der Waals surface area contributed by atoms with Crippen LogP contribution in [0.15, 0.2) is 30.3 Å². The summed E-state index contributed by atoms with van der Waals surface area (Å²) in [5.74, 6) is 0.377. The lowest BCUT2D eigenvalue weighted by Crippen LogP contribution is -2.23. The molecule has 18 heavy (non-hydrogen) atoms. The Morgan fingerprint density at radius 1 is 1.33 bits per heavy atom. The fourth-order valence-electron chi connectivity index (χ4n) is 1.72. The van der Waals surface area contributed by atoms with E-state index in [1.807, 2.05) is 30.3 Å². The Hall–Kier alpha value is -1.69. The lowest BCUT2D eigenvalue weighted by molar-refractivity contribution is 0.156. The molecule has 0 atom stereocenters. The lowest BCUT2D eigenvalue weighted by Gasteiger charge is -2.18. The monoisotopic (exact) mass is 269 g/mol. The number of anilines is 2. The maximum absolute atomic E-state index is 12.4. The number of benzene rings is 1. The van der Waals surface area contributed by atoms with Crippen molar-refractivity contribution in [3.63, 3.8) is 0 Å². The summed E-state index contributed by atoms with van der Waals surface area (Å²) in [6.07, 6.45) is -2.39. The summed E-state index contributed by atoms with van der Waals surface area (Å²) in [5.41, 5.74) is 7.44. The van der Waals surface area contributed by atoms with Crippen LogP contribution in [0.4, 0.5) is 19.6 Å². The summed E-state index contributed by atoms with van der Waals surface area (Å²) in [5, 5.41) is 0.666. The molecule has 0 radical (unpaired) electrons. The molecular weight excluding hydrogens is 256 g/mol. The summed E-state index contributed by atoms with van der Waals surface area (Å²) in [4.78, 5) is 1.49. The SMILES string of the molecule is CN(CC(F)F)c1snc(N)c1-c1ccccc1. The van der Waals surface area contributed by atoms with Gasteiger partial charge < -0.3 is 10.6 Å². The average molecular weight is 269 g/mol. The predicted octanol–water partition coefficient (Wildman–Crippen LogP) is 3.09. The second-order valence-corrected chi connectivity index (χ2v) is 4.64. The van der Waals surface area contributed by atoms with Crippen LogP contribution in [0.3, 0.4) is 0 Å². The maximum atomic E-state index is 12.4. The van der Waals surface area contributed by atoms with Gasteiger partial charge in [-0.15, -0.1) is 0 Å². The van der Waals surface area contributed by atoms with E-state index < -0.39 is 6.43 Å². The van der Waals surface area contributed by atoms with E-state index in [2.05, 4.69) is 4.37 Å². The minimum absolute atomic E-state index is 0.332. The smallest absolute Gasteiger partial charge is 0.255 e. The highest BCUT2D eigenvalue weighted by Crippen LogP contribution is 2.38. The van der Waals surface area contributed by atoms with Gasteiger partial charge in [0, 0.05) is 7.05 Å². The van der Waals surface area contributed by atoms with Crippen molar-refractivity contribution in [3.8, 4) is 11.1 Å². The molecule has 0 aliphatic heterocycles. The predicted molar refractivity (Wildman–Crippen MR) is 71.2 cm³/mol. The molecule has 2 rings (SSSR count). The van der Waals surface area contributed by atoms with E-state index in [1.165, 1.54) is 4.90 Å². The number of aromatic nitrogens is 1. The molecule has 0 bridgehead atoms. The topological polar surface area (TPSA) is 42.2 Å². The first-order valence-corrected chi connectivity index (χ1v) is 6.16. The van der Waals surface area contributed by atoms with Gasteiger partial charge in [0.05, 0.1) is 12.1 Å². The lowest BCUT2D eigenvalue weighted by atomic mass is 10.1. The van der Waals surface area contributed by atoms with Gasteiger partial charge in [-0.3, -0.25) is 0 Å². The number of rotatable bonds is 4. The molecule has 1 aromatic heterocycles. The summed E-state index contributed by atoms with van der Waals surface area (Å²) < 4.78 is 28.9. The highest BCUT2D eigenvalue weighted by molar-refractivity contribution is 7.11. The van der Waals surface area contributed by atoms with E-state index >= 15 is 0 Å². The molecule has 0 amide bonds. The summed E-state index contributed by atoms with van der Waals surface area (Å²) in [7, 11) is 1.62. The van der Waals surface area contributed by atoms with E-state index in [0.717, 1.165) is 22.7 Å². The summed E-state index contributed by atoms with van der Waals surface area (Å²) in [6, 6.07) is 9.42. The van der Waals surface area contributed by atoms with Crippen molar-refractivity contribution in [2.75, 3.05) is 24.2 Å². The fraction of sp³-hybridized carbons (Fsp3) is 0.250. The van der Waals surface area contributed by atoms with Crippen LogP contribution in [0.2, 0.25) is 0 Å². The van der Waals surface area contributed by atoms with E-state index in [9.17, 15) is 8.78 Å². The highest BCUT2D eigenvalue weighted by Gasteiger charge is 2.18. The van der Waals surface area contributed by atoms with Crippen LogP contribution in [0.5, 0.6) is 0 Å². The molecule has 0 aliphatic rings. The van der Waals surface area contributed by atoms with E-state index in [1.54, 1.807) is 7.05 Å². The number of hydrogen-bond donors (Lipinski definition) is 1. The molecule has 0 aliphatic carbocycles. The third-order valence-electron chi connectivity index (χ3n) is 2.52. The zero-order valence-corrected chi connectivity index (χ0v) is 10.6. The Morgan fingerprint density at radius 3 is 2.61 bits per heavy atom. The van der Waals surface area contributed by atoms with Gasteiger partial charge in [0.25, 0.3) is 6.43 Å². The summed E-state index contributed by atoms with van der Waals surface area (Å²) in [6.45, 7) is -0.332. The van der Waals surface area contributed by atoms with Gasteiger partial charge in [-0.25, -0.2) is 8.78 Å². The third kappa shape index (κ3) is 2.59. The Bertz CT molecular complexity index is 513. The molecule has 2 aromatic rings. The van der Waals surface area contributed by atoms with Gasteiger partial charge in [0.2, 0.25) is 0 Å². The molecular formula is C12H13F2N3S. The molecule has 0 saturated carbocycles. The number of nitrogens with two attached hydrogens (primary N) is 1. The maximum Gasteiger partial charge on any atom is 0.255 e. The van der Waals surface area contributed by atoms with E-state index in [-0.39, 0.29) is 6.54 Å². The molecule has 0 unspecified atom stereocenters. The standard InChI is InChI=1S/C12H13F2N3S/c1-17(7-9(13)14)12-10(11(15)16-18-12)8-5-3-2-4-6-8/h2-6,9H,7H2,1H3,(H2,15,16). The van der Waals surface area contributed by atoms with Crippen LogP contribution in [-0.4, -0.2) is 24.4 Å². The van der Waals surface area contributed by atoms with Crippen LogP contribution in [0.25, 0.3) is 11.1 Å². The molecule has 1 heterocycles. The normalized spacial score (nSPS) is 10.9.